The Morgan fingerprint density at radius 3 is 2.71 bits per heavy atom. The summed E-state index contributed by atoms with van der Waals surface area (Å²) in [5.74, 6) is -1.35. The van der Waals surface area contributed by atoms with Gasteiger partial charge in [-0.15, -0.1) is 0 Å². The van der Waals surface area contributed by atoms with Gasteiger partial charge in [0.25, 0.3) is 0 Å². The van der Waals surface area contributed by atoms with Gasteiger partial charge in [0.1, 0.15) is 0 Å². The Kier molecular flexibility index (Phi) is 4.57. The molecular formula is C21H18N2O5. The summed E-state index contributed by atoms with van der Waals surface area (Å²) in [7, 11) is 0. The molecule has 0 spiro atoms. The highest BCUT2D eigenvalue weighted by Gasteiger charge is 2.18. The minimum atomic E-state index is -0.553. The van der Waals surface area contributed by atoms with Crippen LogP contribution in [0.1, 0.15) is 22.5 Å². The fourth-order valence-corrected chi connectivity index (χ4v) is 3.36. The molecule has 0 bridgehead atoms. The molecule has 0 saturated carbocycles. The van der Waals surface area contributed by atoms with Crippen molar-refractivity contribution in [1.82, 2.24) is 9.55 Å². The number of Topliss-reactive ketones (excluding diaryl/α,β-unsaturated/α-hetero) is 1. The van der Waals surface area contributed by atoms with E-state index in [2.05, 4.69) is 4.98 Å². The second-order valence-corrected chi connectivity index (χ2v) is 6.49. The number of oxazole rings is 1. The molecule has 0 aliphatic rings. The average Bonchev–Trinajstić information content (AvgIpc) is 3.19. The van der Waals surface area contributed by atoms with Crippen molar-refractivity contribution in [3.8, 4) is 0 Å². The SMILES string of the molecule is Cc1[nH]c2ccccc2c1C(=O)COC(=O)CCn1c(=O)oc2ccccc21. The molecule has 1 N–H and O–H groups in total. The molecule has 0 aliphatic heterocycles. The Labute approximate surface area is 159 Å². The predicted octanol–water partition coefficient (Wildman–Crippen LogP) is 3.20. The van der Waals surface area contributed by atoms with Crippen molar-refractivity contribution in [2.24, 2.45) is 0 Å². The summed E-state index contributed by atoms with van der Waals surface area (Å²) < 4.78 is 11.6. The maximum Gasteiger partial charge on any atom is 0.419 e. The summed E-state index contributed by atoms with van der Waals surface area (Å²) in [6.07, 6.45) is -0.0381. The number of hydrogen-bond donors (Lipinski definition) is 1. The van der Waals surface area contributed by atoms with Crippen molar-refractivity contribution >= 4 is 33.8 Å². The normalized spacial score (nSPS) is 11.2. The molecule has 0 fully saturated rings. The highest BCUT2D eigenvalue weighted by molar-refractivity contribution is 6.10. The number of rotatable bonds is 6. The van der Waals surface area contributed by atoms with Crippen LogP contribution in [0.15, 0.2) is 57.7 Å². The minimum absolute atomic E-state index is 0.0381. The number of fused-ring (bicyclic) bond motifs is 2. The number of nitrogens with zero attached hydrogens (tertiary/aromatic N) is 1. The van der Waals surface area contributed by atoms with Gasteiger partial charge < -0.3 is 14.1 Å². The molecule has 4 aromatic rings. The first-order valence-corrected chi connectivity index (χ1v) is 8.89. The molecule has 0 amide bonds. The molecule has 7 heteroatoms. The number of H-pyrrole nitrogens is 1. The largest absolute Gasteiger partial charge is 0.457 e. The van der Waals surface area contributed by atoms with E-state index in [-0.39, 0.29) is 25.4 Å². The maximum atomic E-state index is 12.5. The van der Waals surface area contributed by atoms with Crippen LogP contribution in [0.2, 0.25) is 0 Å². The van der Waals surface area contributed by atoms with Gasteiger partial charge in [0.15, 0.2) is 12.2 Å². The molecule has 2 heterocycles. The maximum absolute atomic E-state index is 12.5. The van der Waals surface area contributed by atoms with E-state index < -0.39 is 11.7 Å². The average molecular weight is 378 g/mol. The molecule has 2 aromatic carbocycles. The van der Waals surface area contributed by atoms with E-state index in [9.17, 15) is 14.4 Å². The van der Waals surface area contributed by atoms with E-state index >= 15 is 0 Å². The van der Waals surface area contributed by atoms with Crippen LogP contribution in [0.25, 0.3) is 22.0 Å². The summed E-state index contributed by atoms with van der Waals surface area (Å²) in [5.41, 5.74) is 3.21. The van der Waals surface area contributed by atoms with E-state index in [1.807, 2.05) is 31.2 Å². The fourth-order valence-electron chi connectivity index (χ4n) is 3.36. The molecule has 2 aromatic heterocycles. The van der Waals surface area contributed by atoms with E-state index in [4.69, 9.17) is 9.15 Å². The number of aromatic amines is 1. The molecule has 0 aliphatic carbocycles. The number of ether oxygens (including phenoxy) is 1. The Balaban J connectivity index is 1.40. The Morgan fingerprint density at radius 1 is 1.11 bits per heavy atom. The number of aryl methyl sites for hydroxylation is 2. The van der Waals surface area contributed by atoms with Gasteiger partial charge in [-0.1, -0.05) is 30.3 Å². The third-order valence-corrected chi connectivity index (χ3v) is 4.65. The van der Waals surface area contributed by atoms with Crippen molar-refractivity contribution < 1.29 is 18.7 Å². The number of aromatic nitrogens is 2. The molecule has 0 unspecified atom stereocenters. The van der Waals surface area contributed by atoms with Crippen LogP contribution in [-0.4, -0.2) is 27.9 Å². The smallest absolute Gasteiger partial charge is 0.419 e. The van der Waals surface area contributed by atoms with Crippen molar-refractivity contribution in [1.29, 1.82) is 0 Å². The number of nitrogens with one attached hydrogen (secondary N) is 1. The van der Waals surface area contributed by atoms with Crippen molar-refractivity contribution in [2.45, 2.75) is 19.9 Å². The highest BCUT2D eigenvalue weighted by atomic mass is 16.5. The zero-order chi connectivity index (χ0) is 19.7. The third-order valence-electron chi connectivity index (χ3n) is 4.65. The first-order valence-electron chi connectivity index (χ1n) is 8.89. The lowest BCUT2D eigenvalue weighted by molar-refractivity contribution is -0.142. The van der Waals surface area contributed by atoms with Gasteiger partial charge in [-0.25, -0.2) is 4.79 Å². The molecular weight excluding hydrogens is 360 g/mol. The molecule has 7 nitrogen and oxygen atoms in total. The van der Waals surface area contributed by atoms with E-state index in [0.717, 1.165) is 16.6 Å². The first-order chi connectivity index (χ1) is 13.5. The van der Waals surface area contributed by atoms with Gasteiger partial charge in [-0.05, 0) is 25.1 Å². The number of hydrogen-bond acceptors (Lipinski definition) is 5. The summed E-state index contributed by atoms with van der Waals surface area (Å²) in [5, 5.41) is 0.803. The third kappa shape index (κ3) is 3.22. The summed E-state index contributed by atoms with van der Waals surface area (Å²) in [6, 6.07) is 14.5. The van der Waals surface area contributed by atoms with Gasteiger partial charge in [0.05, 0.1) is 11.9 Å². The van der Waals surface area contributed by atoms with Crippen LogP contribution in [0.4, 0.5) is 0 Å². The number of carbonyl (C=O) groups excluding carboxylic acids is 2. The Hall–Kier alpha value is -3.61. The van der Waals surface area contributed by atoms with Crippen molar-refractivity contribution in [3.05, 3.63) is 70.3 Å². The molecule has 4 rings (SSSR count). The topological polar surface area (TPSA) is 94.3 Å². The van der Waals surface area contributed by atoms with Crippen LogP contribution in [-0.2, 0) is 16.1 Å². The lowest BCUT2D eigenvalue weighted by Gasteiger charge is -2.05. The minimum Gasteiger partial charge on any atom is -0.457 e. The quantitative estimate of drug-likeness (QED) is 0.411. The lowest BCUT2D eigenvalue weighted by atomic mass is 10.1. The number of esters is 1. The van der Waals surface area contributed by atoms with E-state index in [1.165, 1.54) is 4.57 Å². The van der Waals surface area contributed by atoms with Crippen LogP contribution in [0.3, 0.4) is 0 Å². The second kappa shape index (κ2) is 7.19. The highest BCUT2D eigenvalue weighted by Crippen LogP contribution is 2.22. The monoisotopic (exact) mass is 378 g/mol. The van der Waals surface area contributed by atoms with Gasteiger partial charge in [0, 0.05) is 28.7 Å². The van der Waals surface area contributed by atoms with Crippen LogP contribution in [0.5, 0.6) is 0 Å². The summed E-state index contributed by atoms with van der Waals surface area (Å²) in [4.78, 5) is 39.7. The van der Waals surface area contributed by atoms with Gasteiger partial charge >= 0.3 is 11.7 Å². The molecule has 28 heavy (non-hydrogen) atoms. The molecule has 0 atom stereocenters. The molecule has 142 valence electrons. The zero-order valence-corrected chi connectivity index (χ0v) is 15.2. The van der Waals surface area contributed by atoms with Crippen molar-refractivity contribution in [2.75, 3.05) is 6.61 Å². The fraction of sp³-hybridized carbons (Fsp3) is 0.190. The number of ketones is 1. The van der Waals surface area contributed by atoms with Crippen molar-refractivity contribution in [3.63, 3.8) is 0 Å². The predicted molar refractivity (Wildman–Crippen MR) is 103 cm³/mol. The van der Waals surface area contributed by atoms with E-state index in [1.54, 1.807) is 24.3 Å². The van der Waals surface area contributed by atoms with Gasteiger partial charge in [-0.2, -0.15) is 0 Å². The standard InChI is InChI=1S/C21H18N2O5/c1-13-20(14-6-2-3-7-15(14)22-13)17(24)12-27-19(25)10-11-23-16-8-4-5-9-18(16)28-21(23)26/h2-9,22H,10-12H2,1H3. The molecule has 0 saturated heterocycles. The molecule has 0 radical (unpaired) electrons. The number of carbonyl (C=O) groups is 2. The van der Waals surface area contributed by atoms with Gasteiger partial charge in [-0.3, -0.25) is 14.2 Å². The Bertz CT molecular complexity index is 1240. The lowest BCUT2D eigenvalue weighted by Crippen LogP contribution is -2.19. The Morgan fingerprint density at radius 2 is 1.86 bits per heavy atom. The van der Waals surface area contributed by atoms with E-state index in [0.29, 0.717) is 16.7 Å². The number of para-hydroxylation sites is 3. The number of benzene rings is 2. The zero-order valence-electron chi connectivity index (χ0n) is 15.2. The van der Waals surface area contributed by atoms with Crippen LogP contribution >= 0.6 is 0 Å². The van der Waals surface area contributed by atoms with Gasteiger partial charge in [0.2, 0.25) is 5.78 Å². The summed E-state index contributed by atoms with van der Waals surface area (Å²) >= 11 is 0. The second-order valence-electron chi connectivity index (χ2n) is 6.49. The first kappa shape index (κ1) is 17.8. The summed E-state index contributed by atoms with van der Waals surface area (Å²) in [6.45, 7) is 1.59. The van der Waals surface area contributed by atoms with Crippen LogP contribution in [0, 0.1) is 6.92 Å². The van der Waals surface area contributed by atoms with Crippen LogP contribution < -0.4 is 5.76 Å².